The molecular formula is C12H21N5O. The summed E-state index contributed by atoms with van der Waals surface area (Å²) >= 11 is 0. The van der Waals surface area contributed by atoms with Gasteiger partial charge in [0.25, 0.3) is 0 Å². The van der Waals surface area contributed by atoms with Gasteiger partial charge < -0.3 is 10.2 Å². The molecule has 0 spiro atoms. The van der Waals surface area contributed by atoms with Crippen LogP contribution in [0, 0.1) is 12.8 Å². The molecule has 0 saturated carbocycles. The Labute approximate surface area is 108 Å². The molecule has 6 heteroatoms. The minimum Gasteiger partial charge on any atom is -0.384 e. The molecule has 1 unspecified atom stereocenters. The van der Waals surface area contributed by atoms with E-state index < -0.39 is 0 Å². The molecule has 2 rings (SSSR count). The molecule has 1 atom stereocenters. The van der Waals surface area contributed by atoms with Crippen LogP contribution in [0.2, 0.25) is 0 Å². The fourth-order valence-corrected chi connectivity index (χ4v) is 2.40. The third-order valence-corrected chi connectivity index (χ3v) is 3.19. The van der Waals surface area contributed by atoms with Crippen LogP contribution in [-0.2, 0) is 11.3 Å². The van der Waals surface area contributed by atoms with Crippen LogP contribution in [0.15, 0.2) is 6.07 Å². The minimum absolute atomic E-state index is 0.631. The smallest absolute Gasteiger partial charge is 0.145 e. The topological polar surface area (TPSA) is 76.3 Å². The van der Waals surface area contributed by atoms with E-state index in [0.717, 1.165) is 37.8 Å². The monoisotopic (exact) mass is 251 g/mol. The molecule has 2 heterocycles. The predicted octanol–water partition coefficient (Wildman–Crippen LogP) is 0.539. The quantitative estimate of drug-likeness (QED) is 0.587. The van der Waals surface area contributed by atoms with Gasteiger partial charge in [0.2, 0.25) is 0 Å². The molecule has 1 aliphatic heterocycles. The Bertz CT molecular complexity index is 398. The molecular weight excluding hydrogens is 230 g/mol. The number of nitrogens with two attached hydrogens (primary N) is 1. The number of hydrogen-bond acceptors (Lipinski definition) is 6. The molecule has 3 N–H and O–H groups in total. The summed E-state index contributed by atoms with van der Waals surface area (Å²) in [6.07, 6.45) is 1.18. The van der Waals surface area contributed by atoms with E-state index >= 15 is 0 Å². The fraction of sp³-hybridized carbons (Fsp3) is 0.667. The van der Waals surface area contributed by atoms with Gasteiger partial charge in [0.05, 0.1) is 13.2 Å². The Morgan fingerprint density at radius 3 is 3.11 bits per heavy atom. The molecule has 1 saturated heterocycles. The molecule has 1 fully saturated rings. The first-order valence-electron chi connectivity index (χ1n) is 6.23. The van der Waals surface area contributed by atoms with E-state index in [-0.39, 0.29) is 0 Å². The Morgan fingerprint density at radius 1 is 1.56 bits per heavy atom. The maximum atomic E-state index is 5.39. The average Bonchev–Trinajstić information content (AvgIpc) is 2.76. The first-order chi connectivity index (χ1) is 8.71. The second-order valence-corrected chi connectivity index (χ2v) is 4.80. The van der Waals surface area contributed by atoms with Crippen LogP contribution in [0.4, 0.5) is 5.82 Å². The van der Waals surface area contributed by atoms with E-state index in [0.29, 0.717) is 11.7 Å². The largest absolute Gasteiger partial charge is 0.384 e. The predicted molar refractivity (Wildman–Crippen MR) is 69.8 cm³/mol. The van der Waals surface area contributed by atoms with Gasteiger partial charge in [-0.05, 0) is 25.8 Å². The first kappa shape index (κ1) is 13.2. The van der Waals surface area contributed by atoms with E-state index in [1.54, 1.807) is 7.11 Å². The van der Waals surface area contributed by atoms with Crippen LogP contribution in [-0.4, -0.2) is 41.7 Å². The standard InChI is InChI=1S/C12H21N5O/c1-9-5-11(16-13)15-12(14-9)7-17-4-3-10(6-17)8-18-2/h5,10H,3-4,6-8,13H2,1-2H3,(H,14,15,16). The molecule has 1 aromatic heterocycles. The van der Waals surface area contributed by atoms with Gasteiger partial charge in [-0.2, -0.15) is 0 Å². The van der Waals surface area contributed by atoms with Gasteiger partial charge in [-0.25, -0.2) is 15.8 Å². The number of aromatic nitrogens is 2. The van der Waals surface area contributed by atoms with Crippen LogP contribution in [0.3, 0.4) is 0 Å². The number of anilines is 1. The average molecular weight is 251 g/mol. The molecule has 1 aromatic rings. The van der Waals surface area contributed by atoms with Crippen molar-refractivity contribution in [1.82, 2.24) is 14.9 Å². The molecule has 0 radical (unpaired) electrons. The fourth-order valence-electron chi connectivity index (χ4n) is 2.40. The summed E-state index contributed by atoms with van der Waals surface area (Å²) in [5.41, 5.74) is 3.50. The van der Waals surface area contributed by atoms with Gasteiger partial charge >= 0.3 is 0 Å². The summed E-state index contributed by atoms with van der Waals surface area (Å²) in [6, 6.07) is 1.83. The zero-order valence-corrected chi connectivity index (χ0v) is 11.0. The van der Waals surface area contributed by atoms with Gasteiger partial charge in [0, 0.05) is 25.4 Å². The summed E-state index contributed by atoms with van der Waals surface area (Å²) in [5, 5.41) is 0. The van der Waals surface area contributed by atoms with Crippen LogP contribution >= 0.6 is 0 Å². The van der Waals surface area contributed by atoms with Crippen molar-refractivity contribution < 1.29 is 4.74 Å². The Balaban J connectivity index is 1.95. The van der Waals surface area contributed by atoms with Crippen LogP contribution in [0.25, 0.3) is 0 Å². The Kier molecular flexibility index (Phi) is 4.46. The third-order valence-electron chi connectivity index (χ3n) is 3.19. The summed E-state index contributed by atoms with van der Waals surface area (Å²) in [7, 11) is 1.76. The molecule has 18 heavy (non-hydrogen) atoms. The number of hydrazine groups is 1. The zero-order valence-electron chi connectivity index (χ0n) is 11.0. The van der Waals surface area contributed by atoms with Gasteiger partial charge in [0.1, 0.15) is 11.6 Å². The highest BCUT2D eigenvalue weighted by Gasteiger charge is 2.23. The highest BCUT2D eigenvalue weighted by atomic mass is 16.5. The van der Waals surface area contributed by atoms with E-state index in [2.05, 4.69) is 20.3 Å². The van der Waals surface area contributed by atoms with Crippen molar-refractivity contribution in [3.8, 4) is 0 Å². The molecule has 6 nitrogen and oxygen atoms in total. The maximum Gasteiger partial charge on any atom is 0.145 e. The van der Waals surface area contributed by atoms with Crippen LogP contribution < -0.4 is 11.3 Å². The van der Waals surface area contributed by atoms with E-state index in [1.165, 1.54) is 6.42 Å². The first-order valence-corrected chi connectivity index (χ1v) is 6.23. The number of rotatable bonds is 5. The van der Waals surface area contributed by atoms with Gasteiger partial charge in [-0.1, -0.05) is 0 Å². The number of ether oxygens (including phenoxy) is 1. The lowest BCUT2D eigenvalue weighted by Crippen LogP contribution is -2.23. The molecule has 0 bridgehead atoms. The summed E-state index contributed by atoms with van der Waals surface area (Å²) in [4.78, 5) is 11.2. The van der Waals surface area contributed by atoms with Crippen LogP contribution in [0.1, 0.15) is 17.9 Å². The number of nitrogens with one attached hydrogen (secondary N) is 1. The van der Waals surface area contributed by atoms with Crippen molar-refractivity contribution in [1.29, 1.82) is 0 Å². The molecule has 100 valence electrons. The van der Waals surface area contributed by atoms with Crippen molar-refractivity contribution in [2.45, 2.75) is 19.9 Å². The maximum absolute atomic E-state index is 5.39. The SMILES string of the molecule is COCC1CCN(Cc2nc(C)cc(NN)n2)C1. The number of aryl methyl sites for hydroxylation is 1. The van der Waals surface area contributed by atoms with Crippen LogP contribution in [0.5, 0.6) is 0 Å². The molecule has 0 aromatic carbocycles. The van der Waals surface area contributed by atoms with Gasteiger partial charge in [0.15, 0.2) is 0 Å². The molecule has 0 amide bonds. The van der Waals surface area contributed by atoms with E-state index in [1.807, 2.05) is 13.0 Å². The van der Waals surface area contributed by atoms with E-state index in [9.17, 15) is 0 Å². The number of nitrogen functional groups attached to an aromatic ring is 1. The lowest BCUT2D eigenvalue weighted by Gasteiger charge is -2.15. The molecule has 0 aliphatic carbocycles. The number of methoxy groups -OCH3 is 1. The van der Waals surface area contributed by atoms with Crippen molar-refractivity contribution in [3.63, 3.8) is 0 Å². The summed E-state index contributed by atoms with van der Waals surface area (Å²) in [6.45, 7) is 5.69. The second kappa shape index (κ2) is 6.08. The lowest BCUT2D eigenvalue weighted by molar-refractivity contribution is 0.152. The zero-order chi connectivity index (χ0) is 13.0. The lowest BCUT2D eigenvalue weighted by atomic mass is 10.1. The van der Waals surface area contributed by atoms with Crippen molar-refractivity contribution in [2.75, 3.05) is 32.2 Å². The highest BCUT2D eigenvalue weighted by Crippen LogP contribution is 2.18. The van der Waals surface area contributed by atoms with Gasteiger partial charge in [-0.3, -0.25) is 4.90 Å². The van der Waals surface area contributed by atoms with Crippen molar-refractivity contribution in [3.05, 3.63) is 17.6 Å². The normalized spacial score (nSPS) is 20.3. The van der Waals surface area contributed by atoms with Crippen molar-refractivity contribution in [2.24, 2.45) is 11.8 Å². The number of likely N-dealkylation sites (tertiary alicyclic amines) is 1. The minimum atomic E-state index is 0.631. The summed E-state index contributed by atoms with van der Waals surface area (Å²) < 4.78 is 5.20. The third kappa shape index (κ3) is 3.38. The number of hydrogen-bond donors (Lipinski definition) is 2. The van der Waals surface area contributed by atoms with Crippen molar-refractivity contribution >= 4 is 5.82 Å². The molecule has 1 aliphatic rings. The highest BCUT2D eigenvalue weighted by molar-refractivity contribution is 5.33. The Hall–Kier alpha value is -1.24. The van der Waals surface area contributed by atoms with E-state index in [4.69, 9.17) is 10.6 Å². The summed E-state index contributed by atoms with van der Waals surface area (Å²) in [5.74, 6) is 7.51. The van der Waals surface area contributed by atoms with Gasteiger partial charge in [-0.15, -0.1) is 0 Å². The Morgan fingerprint density at radius 2 is 2.39 bits per heavy atom. The second-order valence-electron chi connectivity index (χ2n) is 4.80. The number of nitrogens with zero attached hydrogens (tertiary/aromatic N) is 3.